The highest BCUT2D eigenvalue weighted by molar-refractivity contribution is 5.95. The third-order valence-corrected chi connectivity index (χ3v) is 3.88. The van der Waals surface area contributed by atoms with E-state index in [0.717, 1.165) is 4.57 Å². The summed E-state index contributed by atoms with van der Waals surface area (Å²) < 4.78 is 2.17. The van der Waals surface area contributed by atoms with Crippen molar-refractivity contribution in [3.8, 4) is 0 Å². The Hall–Kier alpha value is -3.56. The number of aromatic nitrogens is 4. The first-order valence-corrected chi connectivity index (χ1v) is 7.65. The normalized spacial score (nSPS) is 11.0. The molecule has 1 aromatic carbocycles. The minimum atomic E-state index is -1.31. The lowest BCUT2D eigenvalue weighted by Gasteiger charge is -2.09. The van der Waals surface area contributed by atoms with Gasteiger partial charge in [-0.2, -0.15) is 0 Å². The standard InChI is InChI=1S/C16H15N5O5/c1-20-14-13(15(25)21(2)16(20)26)18-9-4-3-8(7-10(9)19-14)17-11(22)5-6-12(23)24/h3-4,7H,5-6H2,1-2H3,(H,17,22)(H,23,24)/p-1. The van der Waals surface area contributed by atoms with E-state index in [-0.39, 0.29) is 24.0 Å². The maximum Gasteiger partial charge on any atom is 0.332 e. The first-order chi connectivity index (χ1) is 12.3. The van der Waals surface area contributed by atoms with E-state index in [9.17, 15) is 24.3 Å². The maximum absolute atomic E-state index is 12.2. The van der Waals surface area contributed by atoms with Crippen molar-refractivity contribution in [2.24, 2.45) is 14.1 Å². The predicted octanol–water partition coefficient (Wildman–Crippen LogP) is -1.35. The molecule has 0 saturated carbocycles. The van der Waals surface area contributed by atoms with E-state index < -0.39 is 23.1 Å². The van der Waals surface area contributed by atoms with Crippen molar-refractivity contribution < 1.29 is 14.7 Å². The number of aryl methyl sites for hydroxylation is 1. The van der Waals surface area contributed by atoms with Crippen molar-refractivity contribution in [3.63, 3.8) is 0 Å². The van der Waals surface area contributed by atoms with Crippen LogP contribution in [0.2, 0.25) is 0 Å². The molecule has 0 aliphatic carbocycles. The average molecular weight is 356 g/mol. The fraction of sp³-hybridized carbons (Fsp3) is 0.250. The van der Waals surface area contributed by atoms with Gasteiger partial charge in [-0.3, -0.25) is 18.7 Å². The molecule has 3 rings (SSSR count). The van der Waals surface area contributed by atoms with Gasteiger partial charge in [0.1, 0.15) is 0 Å². The monoisotopic (exact) mass is 356 g/mol. The van der Waals surface area contributed by atoms with Gasteiger partial charge in [-0.25, -0.2) is 14.8 Å². The molecule has 0 unspecified atom stereocenters. The number of nitrogens with one attached hydrogen (secondary N) is 1. The van der Waals surface area contributed by atoms with Crippen LogP contribution in [0.15, 0.2) is 27.8 Å². The van der Waals surface area contributed by atoms with Gasteiger partial charge in [0.2, 0.25) is 5.91 Å². The molecular formula is C16H14N5O5-. The molecule has 0 aliphatic rings. The van der Waals surface area contributed by atoms with Crippen LogP contribution in [0, 0.1) is 0 Å². The number of carboxylic acid groups (broad SMARTS) is 1. The molecule has 0 radical (unpaired) electrons. The molecule has 1 N–H and O–H groups in total. The second kappa shape index (κ2) is 6.39. The van der Waals surface area contributed by atoms with Crippen molar-refractivity contribution in [2.45, 2.75) is 12.8 Å². The average Bonchev–Trinajstić information content (AvgIpc) is 2.61. The van der Waals surface area contributed by atoms with Crippen molar-refractivity contribution >= 4 is 39.8 Å². The Balaban J connectivity index is 2.06. The zero-order valence-electron chi connectivity index (χ0n) is 14.0. The molecule has 0 fully saturated rings. The highest BCUT2D eigenvalue weighted by atomic mass is 16.4. The number of carbonyl (C=O) groups excluding carboxylic acids is 2. The molecule has 0 saturated heterocycles. The molecule has 1 amide bonds. The van der Waals surface area contributed by atoms with Gasteiger partial charge in [-0.05, 0) is 24.6 Å². The Morgan fingerprint density at radius 1 is 1.08 bits per heavy atom. The first kappa shape index (κ1) is 17.3. The zero-order chi connectivity index (χ0) is 19.0. The topological polar surface area (TPSA) is 139 Å². The number of fused-ring (bicyclic) bond motifs is 2. The summed E-state index contributed by atoms with van der Waals surface area (Å²) in [5.74, 6) is -1.79. The first-order valence-electron chi connectivity index (χ1n) is 7.65. The lowest BCUT2D eigenvalue weighted by molar-refractivity contribution is -0.305. The van der Waals surface area contributed by atoms with Crippen LogP contribution in [0.25, 0.3) is 22.2 Å². The smallest absolute Gasteiger partial charge is 0.332 e. The van der Waals surface area contributed by atoms with Gasteiger partial charge in [-0.1, -0.05) is 0 Å². The fourth-order valence-electron chi connectivity index (χ4n) is 2.50. The Labute approximate surface area is 145 Å². The second-order valence-electron chi connectivity index (χ2n) is 5.73. The van der Waals surface area contributed by atoms with Crippen LogP contribution < -0.4 is 21.7 Å². The van der Waals surface area contributed by atoms with Crippen molar-refractivity contribution in [2.75, 3.05) is 5.32 Å². The molecular weight excluding hydrogens is 342 g/mol. The minimum Gasteiger partial charge on any atom is -0.550 e. The van der Waals surface area contributed by atoms with Gasteiger partial charge in [0, 0.05) is 32.2 Å². The van der Waals surface area contributed by atoms with Gasteiger partial charge in [0.05, 0.1) is 11.0 Å². The van der Waals surface area contributed by atoms with Crippen LogP contribution in [0.1, 0.15) is 12.8 Å². The Morgan fingerprint density at radius 2 is 1.81 bits per heavy atom. The van der Waals surface area contributed by atoms with Crippen LogP contribution in [0.4, 0.5) is 5.69 Å². The molecule has 0 bridgehead atoms. The van der Waals surface area contributed by atoms with E-state index in [0.29, 0.717) is 16.7 Å². The van der Waals surface area contributed by atoms with Crippen LogP contribution in [-0.4, -0.2) is 31.0 Å². The summed E-state index contributed by atoms with van der Waals surface area (Å²) in [6.45, 7) is 0. The number of nitrogens with zero attached hydrogens (tertiary/aromatic N) is 4. The fourth-order valence-corrected chi connectivity index (χ4v) is 2.50. The Kier molecular flexibility index (Phi) is 4.24. The molecule has 0 spiro atoms. The molecule has 0 atom stereocenters. The molecule has 134 valence electrons. The lowest BCUT2D eigenvalue weighted by Crippen LogP contribution is -2.37. The number of benzene rings is 1. The summed E-state index contributed by atoms with van der Waals surface area (Å²) >= 11 is 0. The van der Waals surface area contributed by atoms with Crippen LogP contribution in [0.5, 0.6) is 0 Å². The summed E-state index contributed by atoms with van der Waals surface area (Å²) in [5, 5.41) is 13.0. The van der Waals surface area contributed by atoms with Crippen LogP contribution in [0.3, 0.4) is 0 Å². The zero-order valence-corrected chi connectivity index (χ0v) is 14.0. The molecule has 0 aliphatic heterocycles. The highest BCUT2D eigenvalue weighted by Gasteiger charge is 2.13. The molecule has 10 nitrogen and oxygen atoms in total. The third kappa shape index (κ3) is 3.04. The summed E-state index contributed by atoms with van der Waals surface area (Å²) in [6.07, 6.45) is -0.594. The number of carboxylic acids is 1. The quantitative estimate of drug-likeness (QED) is 0.570. The van der Waals surface area contributed by atoms with E-state index in [2.05, 4.69) is 15.3 Å². The van der Waals surface area contributed by atoms with Gasteiger partial charge in [-0.15, -0.1) is 0 Å². The second-order valence-corrected chi connectivity index (χ2v) is 5.73. The molecule has 10 heteroatoms. The molecule has 2 heterocycles. The van der Waals surface area contributed by atoms with E-state index in [1.54, 1.807) is 12.1 Å². The molecule has 2 aromatic heterocycles. The number of carbonyl (C=O) groups is 2. The van der Waals surface area contributed by atoms with E-state index in [4.69, 9.17) is 0 Å². The summed E-state index contributed by atoms with van der Waals surface area (Å²) in [6, 6.07) is 4.66. The number of rotatable bonds is 4. The predicted molar refractivity (Wildman–Crippen MR) is 90.4 cm³/mol. The number of aliphatic carboxylic acids is 1. The molecule has 26 heavy (non-hydrogen) atoms. The van der Waals surface area contributed by atoms with Crippen molar-refractivity contribution in [3.05, 3.63) is 39.0 Å². The summed E-state index contributed by atoms with van der Waals surface area (Å²) in [4.78, 5) is 54.9. The highest BCUT2D eigenvalue weighted by Crippen LogP contribution is 2.18. The third-order valence-electron chi connectivity index (χ3n) is 3.88. The largest absolute Gasteiger partial charge is 0.550 e. The van der Waals surface area contributed by atoms with E-state index in [1.807, 2.05) is 0 Å². The van der Waals surface area contributed by atoms with Gasteiger partial charge in [0.15, 0.2) is 11.2 Å². The number of anilines is 1. The lowest BCUT2D eigenvalue weighted by atomic mass is 10.2. The Bertz CT molecular complexity index is 1180. The van der Waals surface area contributed by atoms with Gasteiger partial charge >= 0.3 is 5.69 Å². The summed E-state index contributed by atoms with van der Waals surface area (Å²) in [5.41, 5.74) is 0.307. The number of amides is 1. The Morgan fingerprint density at radius 3 is 2.50 bits per heavy atom. The van der Waals surface area contributed by atoms with Crippen molar-refractivity contribution in [1.82, 2.24) is 19.1 Å². The van der Waals surface area contributed by atoms with Crippen molar-refractivity contribution in [1.29, 1.82) is 0 Å². The number of hydrogen-bond acceptors (Lipinski definition) is 7. The van der Waals surface area contributed by atoms with Gasteiger partial charge < -0.3 is 15.2 Å². The van der Waals surface area contributed by atoms with Crippen LogP contribution in [-0.2, 0) is 23.7 Å². The summed E-state index contributed by atoms with van der Waals surface area (Å²) in [7, 11) is 2.84. The van der Waals surface area contributed by atoms with E-state index in [1.165, 1.54) is 24.7 Å². The number of hydrogen-bond donors (Lipinski definition) is 1. The minimum absolute atomic E-state index is 0.0628. The SMILES string of the molecule is Cn1c(=O)c2nc3ccc(NC(=O)CCC(=O)[O-])cc3nc2n(C)c1=O. The maximum atomic E-state index is 12.2. The van der Waals surface area contributed by atoms with Gasteiger partial charge in [0.25, 0.3) is 5.56 Å². The van der Waals surface area contributed by atoms with E-state index >= 15 is 0 Å². The van der Waals surface area contributed by atoms with Crippen LogP contribution >= 0.6 is 0 Å². The molecule has 3 aromatic rings.